The van der Waals surface area contributed by atoms with Crippen LogP contribution >= 0.6 is 63.7 Å². The minimum atomic E-state index is -1.81. The van der Waals surface area contributed by atoms with Crippen LogP contribution in [0.15, 0.2) is 40.3 Å². The van der Waals surface area contributed by atoms with Gasteiger partial charge in [-0.25, -0.2) is 9.98 Å². The number of fused-ring (bicyclic) bond motifs is 2. The second-order valence-corrected chi connectivity index (χ2v) is 13.7. The van der Waals surface area contributed by atoms with E-state index in [1.165, 1.54) is 7.11 Å². The van der Waals surface area contributed by atoms with Crippen LogP contribution in [0.1, 0.15) is 21.0 Å². The molecule has 0 bridgehead atoms. The van der Waals surface area contributed by atoms with Crippen molar-refractivity contribution in [1.29, 1.82) is 0 Å². The lowest BCUT2D eigenvalue weighted by Gasteiger charge is -2.52. The number of aliphatic hydroxyl groups is 1. The fraction of sp³-hybridized carbons (Fsp3) is 0.478. The van der Waals surface area contributed by atoms with E-state index in [2.05, 4.69) is 105 Å². The Kier molecular flexibility index (Phi) is 7.67. The number of halogens is 4. The van der Waals surface area contributed by atoms with Crippen molar-refractivity contribution >= 4 is 87.5 Å². The van der Waals surface area contributed by atoms with Crippen LogP contribution in [-0.2, 0) is 9.47 Å². The lowest BCUT2D eigenvalue weighted by molar-refractivity contribution is -0.244. The van der Waals surface area contributed by atoms with Crippen molar-refractivity contribution in [3.05, 3.63) is 41.7 Å². The number of amides is 2. The van der Waals surface area contributed by atoms with Crippen molar-refractivity contribution in [2.45, 2.75) is 29.8 Å². The lowest BCUT2D eigenvalue weighted by atomic mass is 9.71. The molecule has 2 amide bonds. The SMILES string of the molecule is CO[C@H]1[C@H](CNC(=O)c2cc(Br)c(Br)[nH]2)[C@@H](CNC(=O)c2cc(Br)c(Br)[nH]2)[C@@H]2[C@]3(O)NC(N)=N[C@@H]3O[C@@H]3N=C(N)N[C@]231. The first kappa shape index (κ1) is 29.9. The minimum Gasteiger partial charge on any atom is -0.378 e. The molecule has 226 valence electrons. The van der Waals surface area contributed by atoms with E-state index in [0.29, 0.717) is 29.5 Å². The van der Waals surface area contributed by atoms with E-state index in [-0.39, 0.29) is 36.8 Å². The zero-order valence-electron chi connectivity index (χ0n) is 21.7. The van der Waals surface area contributed by atoms with Gasteiger partial charge in [-0.05, 0) is 81.8 Å². The highest BCUT2D eigenvalue weighted by molar-refractivity contribution is 9.13. The van der Waals surface area contributed by atoms with Crippen LogP contribution in [0.25, 0.3) is 0 Å². The summed E-state index contributed by atoms with van der Waals surface area (Å²) in [5, 5.41) is 24.2. The van der Waals surface area contributed by atoms with E-state index in [1.807, 2.05) is 0 Å². The predicted molar refractivity (Wildman–Crippen MR) is 164 cm³/mol. The maximum Gasteiger partial charge on any atom is 0.267 e. The van der Waals surface area contributed by atoms with Crippen molar-refractivity contribution in [2.24, 2.45) is 39.2 Å². The fourth-order valence-corrected chi connectivity index (χ4v) is 8.07. The molecule has 11 N–H and O–H groups in total. The van der Waals surface area contributed by atoms with E-state index >= 15 is 0 Å². The number of carbonyl (C=O) groups excluding carboxylic acids is 2. The molecule has 4 aliphatic rings. The average molecular weight is 842 g/mol. The molecule has 0 radical (unpaired) electrons. The molecule has 2 aromatic rings. The first-order valence-electron chi connectivity index (χ1n) is 12.7. The van der Waals surface area contributed by atoms with Gasteiger partial charge in [0, 0.05) is 32.0 Å². The van der Waals surface area contributed by atoms with Crippen molar-refractivity contribution in [2.75, 3.05) is 20.2 Å². The normalized spacial score (nSPS) is 34.4. The number of hydrogen-bond acceptors (Lipinski definition) is 11. The van der Waals surface area contributed by atoms with Gasteiger partial charge in [0.05, 0.1) is 24.3 Å². The van der Waals surface area contributed by atoms with E-state index in [9.17, 15) is 14.7 Å². The first-order valence-corrected chi connectivity index (χ1v) is 15.8. The molecule has 5 heterocycles. The van der Waals surface area contributed by atoms with Crippen molar-refractivity contribution < 1.29 is 24.2 Å². The van der Waals surface area contributed by atoms with Crippen LogP contribution in [0, 0.1) is 17.8 Å². The van der Waals surface area contributed by atoms with E-state index in [0.717, 1.165) is 0 Å². The number of nitrogens with two attached hydrogens (primary N) is 2. The van der Waals surface area contributed by atoms with Crippen LogP contribution < -0.4 is 32.7 Å². The van der Waals surface area contributed by atoms with Gasteiger partial charge in [-0.15, -0.1) is 0 Å². The topological polar surface area (TPSA) is 229 Å². The quantitative estimate of drug-likeness (QED) is 0.188. The Labute approximate surface area is 272 Å². The molecule has 15 nitrogen and oxygen atoms in total. The van der Waals surface area contributed by atoms with Crippen LogP contribution in [0.5, 0.6) is 0 Å². The third kappa shape index (κ3) is 4.58. The van der Waals surface area contributed by atoms with E-state index < -0.39 is 47.6 Å². The van der Waals surface area contributed by atoms with Gasteiger partial charge < -0.3 is 57.3 Å². The molecule has 19 heteroatoms. The molecule has 42 heavy (non-hydrogen) atoms. The molecule has 1 spiro atoms. The number of aromatic amines is 2. The van der Waals surface area contributed by atoms with Crippen LogP contribution in [-0.4, -0.2) is 88.8 Å². The van der Waals surface area contributed by atoms with Gasteiger partial charge in [-0.2, -0.15) is 0 Å². The summed E-state index contributed by atoms with van der Waals surface area (Å²) in [5.41, 5.74) is 9.83. The van der Waals surface area contributed by atoms with Gasteiger partial charge in [-0.3, -0.25) is 9.59 Å². The Bertz CT molecular complexity index is 1480. The lowest BCUT2D eigenvalue weighted by Crippen LogP contribution is -2.76. The summed E-state index contributed by atoms with van der Waals surface area (Å²) in [4.78, 5) is 41.0. The Hall–Kier alpha value is -2.16. The molecule has 0 aromatic carbocycles. The van der Waals surface area contributed by atoms with Gasteiger partial charge in [0.15, 0.2) is 23.9 Å². The number of guanidine groups is 2. The number of H-pyrrole nitrogens is 2. The third-order valence-corrected chi connectivity index (χ3v) is 11.8. The second kappa shape index (κ2) is 10.8. The minimum absolute atomic E-state index is 0.00735. The molecular weight excluding hydrogens is 816 g/mol. The Morgan fingerprint density at radius 1 is 0.952 bits per heavy atom. The fourth-order valence-electron chi connectivity index (χ4n) is 6.76. The summed E-state index contributed by atoms with van der Waals surface area (Å²) >= 11 is 13.5. The number of nitrogens with zero attached hydrogens (tertiary/aromatic N) is 2. The van der Waals surface area contributed by atoms with Gasteiger partial charge in [-0.1, -0.05) is 0 Å². The zero-order valence-corrected chi connectivity index (χ0v) is 28.0. The molecule has 1 saturated carbocycles. The summed E-state index contributed by atoms with van der Waals surface area (Å²) in [6.07, 6.45) is -2.72. The van der Waals surface area contributed by atoms with Crippen LogP contribution in [0.3, 0.4) is 0 Å². The number of nitrogens with one attached hydrogen (secondary N) is 6. The molecule has 2 fully saturated rings. The average Bonchev–Trinajstić information content (AvgIpc) is 3.68. The van der Waals surface area contributed by atoms with Crippen molar-refractivity contribution in [3.8, 4) is 0 Å². The highest BCUT2D eigenvalue weighted by atomic mass is 79.9. The largest absolute Gasteiger partial charge is 0.378 e. The number of carbonyl (C=O) groups is 2. The summed E-state index contributed by atoms with van der Waals surface area (Å²) in [6, 6.07) is 3.30. The Morgan fingerprint density at radius 3 is 2.00 bits per heavy atom. The molecule has 6 rings (SSSR count). The zero-order chi connectivity index (χ0) is 30.1. The van der Waals surface area contributed by atoms with Gasteiger partial charge >= 0.3 is 0 Å². The summed E-state index contributed by atoms with van der Waals surface area (Å²) in [7, 11) is 1.52. The molecule has 1 saturated heterocycles. The monoisotopic (exact) mass is 838 g/mol. The van der Waals surface area contributed by atoms with E-state index in [1.54, 1.807) is 12.1 Å². The number of hydrogen-bond donors (Lipinski definition) is 9. The maximum absolute atomic E-state index is 13.2. The standard InChI is InChI=1S/C23H26Br4N10O5/c1-41-13-7(5-31-17(39)11-3-9(25)15(27)33-11)6(4-30-16(38)10-2-8(24)14(26)32-10)12-22(13)18(34-20(28)36-22)42-19-23(12,40)37-21(29)35-19/h2-3,6-7,12-13,18-19,32-33,40H,4-5H2,1H3,(H,30,38)(H,31,39)(H3,28,34,36)(H3,29,35,37)/t6-,7-,12+,13+,18+,19-,22+,23-/m1/s1. The Morgan fingerprint density at radius 2 is 1.48 bits per heavy atom. The predicted octanol–water partition coefficient (Wildman–Crippen LogP) is 0.375. The van der Waals surface area contributed by atoms with Crippen molar-refractivity contribution in [1.82, 2.24) is 31.2 Å². The van der Waals surface area contributed by atoms with Crippen LogP contribution in [0.4, 0.5) is 0 Å². The molecule has 8 atom stereocenters. The third-order valence-electron chi connectivity index (χ3n) is 8.25. The number of ether oxygens (including phenoxy) is 2. The molecule has 2 aromatic heterocycles. The number of rotatable bonds is 7. The van der Waals surface area contributed by atoms with E-state index in [4.69, 9.17) is 20.9 Å². The first-order chi connectivity index (χ1) is 19.9. The molecule has 3 aliphatic heterocycles. The van der Waals surface area contributed by atoms with Gasteiger partial charge in [0.25, 0.3) is 11.8 Å². The number of aliphatic imine (C=N–C) groups is 2. The number of methoxy groups -OCH3 is 1. The van der Waals surface area contributed by atoms with Crippen molar-refractivity contribution in [3.63, 3.8) is 0 Å². The highest BCUT2D eigenvalue weighted by Crippen LogP contribution is 2.58. The highest BCUT2D eigenvalue weighted by Gasteiger charge is 2.77. The molecule has 1 aliphatic carbocycles. The summed E-state index contributed by atoms with van der Waals surface area (Å²) in [5.74, 6) is -2.44. The van der Waals surface area contributed by atoms with Gasteiger partial charge in [0.2, 0.25) is 6.23 Å². The van der Waals surface area contributed by atoms with Crippen LogP contribution in [0.2, 0.25) is 0 Å². The smallest absolute Gasteiger partial charge is 0.267 e. The summed E-state index contributed by atoms with van der Waals surface area (Å²) < 4.78 is 14.8. The van der Waals surface area contributed by atoms with Gasteiger partial charge in [0.1, 0.15) is 16.9 Å². The number of aromatic nitrogens is 2. The molecular formula is C23H26Br4N10O5. The maximum atomic E-state index is 13.2. The molecule has 0 unspecified atom stereocenters. The summed E-state index contributed by atoms with van der Waals surface area (Å²) in [6.45, 7) is 0.180. The Balaban J connectivity index is 1.36. The second-order valence-electron chi connectivity index (χ2n) is 10.4.